The molecule has 0 spiro atoms. The van der Waals surface area contributed by atoms with Crippen LogP contribution in [0.2, 0.25) is 0 Å². The van der Waals surface area contributed by atoms with Gasteiger partial charge in [-0.1, -0.05) is 152 Å². The van der Waals surface area contributed by atoms with Gasteiger partial charge in [-0.05, 0) is 75.1 Å². The number of furan rings is 1. The van der Waals surface area contributed by atoms with E-state index in [0.717, 1.165) is 77.2 Å². The lowest BCUT2D eigenvalue weighted by molar-refractivity contribution is 0.666. The monoisotopic (exact) mass is 740 g/mol. The van der Waals surface area contributed by atoms with Gasteiger partial charge in [0, 0.05) is 38.2 Å². The van der Waals surface area contributed by atoms with E-state index >= 15 is 0 Å². The van der Waals surface area contributed by atoms with Crippen LogP contribution in [0.25, 0.3) is 116 Å². The molecule has 0 N–H and O–H groups in total. The van der Waals surface area contributed by atoms with Gasteiger partial charge in [0.05, 0.1) is 16.7 Å². The molecule has 0 aliphatic rings. The van der Waals surface area contributed by atoms with E-state index in [1.807, 2.05) is 30.3 Å². The third kappa shape index (κ3) is 5.14. The van der Waals surface area contributed by atoms with Gasteiger partial charge in [-0.3, -0.25) is 0 Å². The van der Waals surface area contributed by atoms with Crippen molar-refractivity contribution < 1.29 is 4.42 Å². The third-order valence-electron chi connectivity index (χ3n) is 11.4. The highest BCUT2D eigenvalue weighted by molar-refractivity contribution is 6.16. The topological polar surface area (TPSA) is 56.7 Å². The van der Waals surface area contributed by atoms with Crippen molar-refractivity contribution in [2.75, 3.05) is 0 Å². The molecule has 58 heavy (non-hydrogen) atoms. The van der Waals surface area contributed by atoms with Gasteiger partial charge in [0.25, 0.3) is 0 Å². The van der Waals surface area contributed by atoms with E-state index in [1.165, 1.54) is 21.5 Å². The smallest absolute Gasteiger partial charge is 0.164 e. The quantitative estimate of drug-likeness (QED) is 0.176. The first kappa shape index (κ1) is 32.4. The number of hydrogen-bond acceptors (Lipinski definition) is 4. The first-order valence-corrected chi connectivity index (χ1v) is 19.5. The van der Waals surface area contributed by atoms with Crippen LogP contribution in [0, 0.1) is 0 Å². The van der Waals surface area contributed by atoms with Crippen molar-refractivity contribution in [1.82, 2.24) is 19.5 Å². The Morgan fingerprint density at radius 3 is 1.79 bits per heavy atom. The molecule has 12 aromatic rings. The zero-order chi connectivity index (χ0) is 38.2. The summed E-state index contributed by atoms with van der Waals surface area (Å²) >= 11 is 0. The fraction of sp³-hybridized carbons (Fsp3) is 0. The lowest BCUT2D eigenvalue weighted by atomic mass is 10.0. The van der Waals surface area contributed by atoms with Crippen molar-refractivity contribution in [2.45, 2.75) is 0 Å². The first-order valence-electron chi connectivity index (χ1n) is 19.5. The van der Waals surface area contributed by atoms with Gasteiger partial charge >= 0.3 is 0 Å². The van der Waals surface area contributed by atoms with Crippen LogP contribution in [0.5, 0.6) is 0 Å². The predicted octanol–water partition coefficient (Wildman–Crippen LogP) is 13.8. The Balaban J connectivity index is 1.11. The highest BCUT2D eigenvalue weighted by atomic mass is 16.3. The molecule has 3 heterocycles. The van der Waals surface area contributed by atoms with Crippen LogP contribution in [0.4, 0.5) is 0 Å². The number of hydrogen-bond donors (Lipinski definition) is 0. The van der Waals surface area contributed by atoms with Crippen LogP contribution in [0.15, 0.2) is 199 Å². The van der Waals surface area contributed by atoms with Gasteiger partial charge in [0.1, 0.15) is 5.58 Å². The summed E-state index contributed by atoms with van der Waals surface area (Å²) in [5.41, 5.74) is 9.82. The number of para-hydroxylation sites is 1. The zero-order valence-electron chi connectivity index (χ0n) is 31.2. The van der Waals surface area contributed by atoms with Crippen LogP contribution in [-0.4, -0.2) is 19.5 Å². The Morgan fingerprint density at radius 1 is 0.345 bits per heavy atom. The highest BCUT2D eigenvalue weighted by Crippen LogP contribution is 2.42. The second-order valence-corrected chi connectivity index (χ2v) is 14.8. The molecule has 0 amide bonds. The molecular weight excluding hydrogens is 709 g/mol. The Hall–Kier alpha value is -7.89. The van der Waals surface area contributed by atoms with E-state index in [9.17, 15) is 0 Å². The van der Waals surface area contributed by atoms with Gasteiger partial charge in [-0.2, -0.15) is 0 Å². The van der Waals surface area contributed by atoms with Gasteiger partial charge in [0.2, 0.25) is 0 Å². The fourth-order valence-electron chi connectivity index (χ4n) is 8.64. The molecular formula is C53H32N4O. The largest absolute Gasteiger partial charge is 0.454 e. The van der Waals surface area contributed by atoms with E-state index in [4.69, 9.17) is 19.4 Å². The molecule has 0 radical (unpaired) electrons. The molecule has 0 saturated carbocycles. The van der Waals surface area contributed by atoms with Crippen molar-refractivity contribution in [2.24, 2.45) is 0 Å². The maximum Gasteiger partial charge on any atom is 0.164 e. The van der Waals surface area contributed by atoms with E-state index < -0.39 is 0 Å². The summed E-state index contributed by atoms with van der Waals surface area (Å²) in [5.74, 6) is 1.82. The maximum atomic E-state index is 7.04. The summed E-state index contributed by atoms with van der Waals surface area (Å²) < 4.78 is 9.42. The van der Waals surface area contributed by atoms with E-state index in [2.05, 4.69) is 168 Å². The first-order chi connectivity index (χ1) is 28.7. The number of fused-ring (bicyclic) bond motifs is 8. The molecule has 5 nitrogen and oxygen atoms in total. The Morgan fingerprint density at radius 2 is 0.983 bits per heavy atom. The summed E-state index contributed by atoms with van der Waals surface area (Å²) in [4.78, 5) is 15.3. The molecule has 0 fully saturated rings. The number of rotatable bonds is 5. The van der Waals surface area contributed by atoms with Crippen LogP contribution >= 0.6 is 0 Å². The third-order valence-corrected chi connectivity index (χ3v) is 11.4. The van der Waals surface area contributed by atoms with Crippen LogP contribution < -0.4 is 0 Å². The molecule has 0 saturated heterocycles. The minimum Gasteiger partial charge on any atom is -0.454 e. The molecule has 0 atom stereocenters. The fourth-order valence-corrected chi connectivity index (χ4v) is 8.64. The van der Waals surface area contributed by atoms with Crippen molar-refractivity contribution in [3.8, 4) is 51.0 Å². The van der Waals surface area contributed by atoms with E-state index in [1.54, 1.807) is 0 Å². The van der Waals surface area contributed by atoms with Gasteiger partial charge < -0.3 is 8.98 Å². The molecule has 270 valence electrons. The molecule has 12 rings (SSSR count). The van der Waals surface area contributed by atoms with E-state index in [0.29, 0.717) is 17.5 Å². The standard InChI is InChI=1S/C53H32N4O/c1-3-14-33(15-4-1)39-29-45-42-27-26-38(52-54-51(35-17-5-2-6-18-35)55-53(56-52)43-24-13-21-34-16-9-10-22-40(34)43)32-49(42)58-50(45)48(31-39)57-46-25-12-11-23-41(46)44-28-36-19-7-8-20-37(36)30-47(44)57/h1-32H. The zero-order valence-corrected chi connectivity index (χ0v) is 31.2. The maximum absolute atomic E-state index is 7.04. The number of nitrogens with zero attached hydrogens (tertiary/aromatic N) is 4. The molecule has 5 heteroatoms. The van der Waals surface area contributed by atoms with Crippen LogP contribution in [0.3, 0.4) is 0 Å². The number of benzene rings is 9. The predicted molar refractivity (Wildman–Crippen MR) is 238 cm³/mol. The average Bonchev–Trinajstić information content (AvgIpc) is 3.83. The van der Waals surface area contributed by atoms with E-state index in [-0.39, 0.29) is 0 Å². The summed E-state index contributed by atoms with van der Waals surface area (Å²) in [6.07, 6.45) is 0. The van der Waals surface area contributed by atoms with Crippen LogP contribution in [0.1, 0.15) is 0 Å². The average molecular weight is 741 g/mol. The summed E-state index contributed by atoms with van der Waals surface area (Å²) in [5, 5.41) is 9.11. The lowest BCUT2D eigenvalue weighted by Crippen LogP contribution is -2.00. The number of aromatic nitrogens is 4. The molecule has 0 aliphatic carbocycles. The summed E-state index contributed by atoms with van der Waals surface area (Å²) in [7, 11) is 0. The lowest BCUT2D eigenvalue weighted by Gasteiger charge is -2.12. The summed E-state index contributed by atoms with van der Waals surface area (Å²) in [6.45, 7) is 0. The highest BCUT2D eigenvalue weighted by Gasteiger charge is 2.21. The molecule has 0 aliphatic heterocycles. The van der Waals surface area contributed by atoms with Crippen molar-refractivity contribution >= 4 is 65.3 Å². The second kappa shape index (κ2) is 12.8. The second-order valence-electron chi connectivity index (χ2n) is 14.8. The van der Waals surface area contributed by atoms with Crippen molar-refractivity contribution in [3.05, 3.63) is 194 Å². The Bertz CT molecular complexity index is 3560. The summed E-state index contributed by atoms with van der Waals surface area (Å²) in [6, 6.07) is 68.1. The van der Waals surface area contributed by atoms with Gasteiger partial charge in [-0.15, -0.1) is 0 Å². The minimum atomic E-state index is 0.582. The van der Waals surface area contributed by atoms with Crippen molar-refractivity contribution in [3.63, 3.8) is 0 Å². The molecule has 9 aromatic carbocycles. The van der Waals surface area contributed by atoms with Crippen LogP contribution in [-0.2, 0) is 0 Å². The minimum absolute atomic E-state index is 0.582. The normalized spacial score (nSPS) is 11.8. The molecule has 0 bridgehead atoms. The van der Waals surface area contributed by atoms with Gasteiger partial charge in [0.15, 0.2) is 23.1 Å². The Kier molecular flexibility index (Phi) is 7.16. The Labute approximate surface area is 333 Å². The SMILES string of the molecule is c1ccc(-c2cc(-n3c4ccccc4c4cc5ccccc5cc43)c3oc4cc(-c5nc(-c6ccccc6)nc(-c6cccc7ccccc67)n5)ccc4c3c2)cc1. The molecule has 3 aromatic heterocycles. The molecule has 0 unspecified atom stereocenters. The van der Waals surface area contributed by atoms with Crippen molar-refractivity contribution in [1.29, 1.82) is 0 Å². The van der Waals surface area contributed by atoms with Gasteiger partial charge in [-0.25, -0.2) is 15.0 Å².